The number of hydrogen-bond donors (Lipinski definition) is 2. The molecule has 0 heterocycles. The first kappa shape index (κ1) is 7.82. The van der Waals surface area contributed by atoms with E-state index in [1.54, 1.807) is 13.8 Å². The molecule has 0 saturated carbocycles. The van der Waals surface area contributed by atoms with Gasteiger partial charge in [-0.1, -0.05) is 13.8 Å². The van der Waals surface area contributed by atoms with E-state index in [2.05, 4.69) is 12.6 Å². The molecule has 0 aliphatic heterocycles. The second-order valence-electron chi connectivity index (χ2n) is 1.87. The van der Waals surface area contributed by atoms with E-state index in [1.807, 2.05) is 0 Å². The van der Waals surface area contributed by atoms with E-state index in [1.165, 1.54) is 0 Å². The van der Waals surface area contributed by atoms with Crippen LogP contribution in [0.1, 0.15) is 13.8 Å². The summed E-state index contributed by atoms with van der Waals surface area (Å²) in [4.78, 5) is 10.1. The fourth-order valence-corrected chi connectivity index (χ4v) is 0.334. The summed E-state index contributed by atoms with van der Waals surface area (Å²) in [6.07, 6.45) is 0. The van der Waals surface area contributed by atoms with Crippen LogP contribution in [0.4, 0.5) is 0 Å². The van der Waals surface area contributed by atoms with Crippen molar-refractivity contribution in [3.05, 3.63) is 0 Å². The van der Waals surface area contributed by atoms with E-state index in [-0.39, 0.29) is 11.2 Å². The minimum Gasteiger partial charge on any atom is -0.481 e. The van der Waals surface area contributed by atoms with Gasteiger partial charge >= 0.3 is 5.97 Å². The fourth-order valence-electron chi connectivity index (χ4n) is 0.206. The van der Waals surface area contributed by atoms with Gasteiger partial charge in [-0.3, -0.25) is 4.79 Å². The second kappa shape index (κ2) is 2.97. The third-order valence-electron chi connectivity index (χ3n) is 1.11. The van der Waals surface area contributed by atoms with Crippen LogP contribution in [0.25, 0.3) is 0 Å². The van der Waals surface area contributed by atoms with Gasteiger partial charge in [-0.2, -0.15) is 12.6 Å². The molecule has 0 fully saturated rings. The lowest BCUT2D eigenvalue weighted by Gasteiger charge is -2.06. The summed E-state index contributed by atoms with van der Waals surface area (Å²) in [5.41, 5.74) is 0. The normalized spacial score (nSPS) is 17.4. The average molecular weight is 134 g/mol. The van der Waals surface area contributed by atoms with Crippen LogP contribution in [0.3, 0.4) is 0 Å². The molecule has 2 nitrogen and oxygen atoms in total. The Labute approximate surface area is 54.3 Å². The molecule has 0 aliphatic rings. The van der Waals surface area contributed by atoms with Crippen LogP contribution in [-0.4, -0.2) is 16.3 Å². The number of rotatable bonds is 2. The first-order chi connectivity index (χ1) is 3.55. The van der Waals surface area contributed by atoms with Crippen LogP contribution in [0.15, 0.2) is 0 Å². The molecule has 0 aromatic rings. The quantitative estimate of drug-likeness (QED) is 0.553. The standard InChI is InChI=1S/C5H10O2S/c1-3(4(2)8)5(6)7/h3-4,8H,1-2H3,(H,6,7). The maximum atomic E-state index is 10.1. The van der Waals surface area contributed by atoms with Crippen LogP contribution >= 0.6 is 12.6 Å². The molecule has 1 N–H and O–H groups in total. The number of carbonyl (C=O) groups is 1. The van der Waals surface area contributed by atoms with Gasteiger partial charge in [0, 0.05) is 5.25 Å². The van der Waals surface area contributed by atoms with Gasteiger partial charge in [0.2, 0.25) is 0 Å². The topological polar surface area (TPSA) is 37.3 Å². The van der Waals surface area contributed by atoms with Crippen molar-refractivity contribution in [3.8, 4) is 0 Å². The van der Waals surface area contributed by atoms with Gasteiger partial charge in [0.05, 0.1) is 5.92 Å². The molecule has 8 heavy (non-hydrogen) atoms. The molecule has 0 radical (unpaired) electrons. The zero-order valence-electron chi connectivity index (χ0n) is 4.96. The van der Waals surface area contributed by atoms with Gasteiger partial charge in [-0.25, -0.2) is 0 Å². The molecular weight excluding hydrogens is 124 g/mol. The highest BCUT2D eigenvalue weighted by Crippen LogP contribution is 2.07. The largest absolute Gasteiger partial charge is 0.481 e. The summed E-state index contributed by atoms with van der Waals surface area (Å²) in [6.45, 7) is 3.40. The number of aliphatic carboxylic acids is 1. The smallest absolute Gasteiger partial charge is 0.307 e. The SMILES string of the molecule is CC(S)C(C)C(=O)O. The number of thiol groups is 1. The molecule has 0 bridgehead atoms. The fraction of sp³-hybridized carbons (Fsp3) is 0.800. The summed E-state index contributed by atoms with van der Waals surface area (Å²) in [6, 6.07) is 0. The summed E-state index contributed by atoms with van der Waals surface area (Å²) in [7, 11) is 0. The van der Waals surface area contributed by atoms with Crippen molar-refractivity contribution in [2.45, 2.75) is 19.1 Å². The van der Waals surface area contributed by atoms with Crippen LogP contribution in [-0.2, 0) is 4.79 Å². The van der Waals surface area contributed by atoms with Crippen molar-refractivity contribution < 1.29 is 9.90 Å². The van der Waals surface area contributed by atoms with E-state index < -0.39 is 5.97 Å². The minimum absolute atomic E-state index is 0.0625. The van der Waals surface area contributed by atoms with E-state index >= 15 is 0 Å². The lowest BCUT2D eigenvalue weighted by molar-refractivity contribution is -0.140. The third kappa shape index (κ3) is 2.21. The monoisotopic (exact) mass is 134 g/mol. The molecule has 0 spiro atoms. The van der Waals surface area contributed by atoms with E-state index in [0.717, 1.165) is 0 Å². The maximum Gasteiger partial charge on any atom is 0.307 e. The van der Waals surface area contributed by atoms with Gasteiger partial charge in [0.15, 0.2) is 0 Å². The van der Waals surface area contributed by atoms with Crippen molar-refractivity contribution in [1.82, 2.24) is 0 Å². The minimum atomic E-state index is -0.785. The van der Waals surface area contributed by atoms with E-state index in [9.17, 15) is 4.79 Å². The number of carboxylic acid groups (broad SMARTS) is 1. The Hall–Kier alpha value is -0.180. The molecule has 0 aromatic carbocycles. The molecule has 48 valence electrons. The molecule has 0 aromatic heterocycles. The highest BCUT2D eigenvalue weighted by Gasteiger charge is 2.14. The van der Waals surface area contributed by atoms with Crippen LogP contribution < -0.4 is 0 Å². The van der Waals surface area contributed by atoms with Crippen molar-refractivity contribution in [2.75, 3.05) is 0 Å². The second-order valence-corrected chi connectivity index (χ2v) is 2.68. The van der Waals surface area contributed by atoms with Gasteiger partial charge in [-0.15, -0.1) is 0 Å². The van der Waals surface area contributed by atoms with E-state index in [4.69, 9.17) is 5.11 Å². The summed E-state index contributed by atoms with van der Waals surface area (Å²) < 4.78 is 0. The molecule has 0 saturated heterocycles. The summed E-state index contributed by atoms with van der Waals surface area (Å²) in [5.74, 6) is -1.13. The van der Waals surface area contributed by atoms with Gasteiger partial charge in [-0.05, 0) is 0 Å². The highest BCUT2D eigenvalue weighted by molar-refractivity contribution is 7.81. The average Bonchev–Trinajstić information content (AvgIpc) is 1.64. The van der Waals surface area contributed by atoms with Crippen LogP contribution in [0.2, 0.25) is 0 Å². The van der Waals surface area contributed by atoms with Crippen molar-refractivity contribution >= 4 is 18.6 Å². The van der Waals surface area contributed by atoms with Crippen molar-refractivity contribution in [2.24, 2.45) is 5.92 Å². The number of hydrogen-bond acceptors (Lipinski definition) is 2. The Morgan fingerprint density at radius 1 is 1.62 bits per heavy atom. The first-order valence-electron chi connectivity index (χ1n) is 2.46. The Bertz CT molecular complexity index is 90.4. The van der Waals surface area contributed by atoms with Crippen LogP contribution in [0.5, 0.6) is 0 Å². The Morgan fingerprint density at radius 3 is 2.00 bits per heavy atom. The first-order valence-corrected chi connectivity index (χ1v) is 2.98. The van der Waals surface area contributed by atoms with Crippen molar-refractivity contribution in [3.63, 3.8) is 0 Å². The van der Waals surface area contributed by atoms with Crippen LogP contribution in [0, 0.1) is 5.92 Å². The van der Waals surface area contributed by atoms with E-state index in [0.29, 0.717) is 0 Å². The predicted octanol–water partition coefficient (Wildman–Crippen LogP) is 1.03. The maximum absolute atomic E-state index is 10.1. The molecule has 0 amide bonds. The molecule has 0 aliphatic carbocycles. The summed E-state index contributed by atoms with van der Waals surface area (Å²) in [5, 5.41) is 8.24. The number of carboxylic acids is 1. The van der Waals surface area contributed by atoms with Crippen molar-refractivity contribution in [1.29, 1.82) is 0 Å². The predicted molar refractivity (Wildman–Crippen MR) is 35.2 cm³/mol. The third-order valence-corrected chi connectivity index (χ3v) is 1.56. The zero-order valence-corrected chi connectivity index (χ0v) is 5.85. The molecule has 3 heteroatoms. The Morgan fingerprint density at radius 2 is 2.00 bits per heavy atom. The summed E-state index contributed by atoms with van der Waals surface area (Å²) >= 11 is 3.95. The van der Waals surface area contributed by atoms with Gasteiger partial charge in [0.1, 0.15) is 0 Å². The molecule has 2 unspecified atom stereocenters. The Balaban J connectivity index is 3.64. The molecular formula is C5H10O2S. The zero-order chi connectivity index (χ0) is 6.73. The Kier molecular flexibility index (Phi) is 2.90. The van der Waals surface area contributed by atoms with Gasteiger partial charge < -0.3 is 5.11 Å². The molecule has 2 atom stereocenters. The molecule has 0 rings (SSSR count). The lowest BCUT2D eigenvalue weighted by Crippen LogP contribution is -2.17. The lowest BCUT2D eigenvalue weighted by atomic mass is 10.1. The highest BCUT2D eigenvalue weighted by atomic mass is 32.1. The van der Waals surface area contributed by atoms with Gasteiger partial charge in [0.25, 0.3) is 0 Å².